The molecule has 2 aromatic carbocycles. The molecule has 0 amide bonds. The Hall–Kier alpha value is -3.94. The van der Waals surface area contributed by atoms with Crippen molar-refractivity contribution in [2.24, 2.45) is 4.99 Å². The summed E-state index contributed by atoms with van der Waals surface area (Å²) in [4.78, 5) is 27.4. The molecule has 0 aromatic heterocycles. The normalized spacial score (nSPS) is 10.9. The monoisotopic (exact) mass is 425 g/mol. The highest BCUT2D eigenvalue weighted by atomic mass is 32.1. The van der Waals surface area contributed by atoms with Crippen molar-refractivity contribution >= 4 is 40.0 Å². The second-order valence-corrected chi connectivity index (χ2v) is 6.48. The molecule has 148 valence electrons. The summed E-state index contributed by atoms with van der Waals surface area (Å²) in [5.41, 5.74) is -0.711. The van der Waals surface area contributed by atoms with Crippen LogP contribution in [0.2, 0.25) is 0 Å². The van der Waals surface area contributed by atoms with Crippen LogP contribution >= 0.6 is 12.2 Å². The second-order valence-electron chi connectivity index (χ2n) is 6.29. The molecule has 1 heterocycles. The molecule has 0 atom stereocenters. The van der Waals surface area contributed by atoms with E-state index in [1.165, 1.54) is 18.2 Å². The predicted molar refractivity (Wildman–Crippen MR) is 108 cm³/mol. The fraction of sp³-hybridized carbons (Fsp3) is 0. The summed E-state index contributed by atoms with van der Waals surface area (Å²) in [6.07, 6.45) is 0. The van der Waals surface area contributed by atoms with Gasteiger partial charge in [-0.05, 0) is 42.0 Å². The number of carbonyl (C=O) groups is 1. The Bertz CT molecular complexity index is 1440. The van der Waals surface area contributed by atoms with Crippen LogP contribution in [0.4, 0.5) is 14.5 Å². The first kappa shape index (κ1) is 19.4. The zero-order valence-corrected chi connectivity index (χ0v) is 15.6. The number of thiocarbonyl (C=S) groups is 1. The fourth-order valence-corrected chi connectivity index (χ4v) is 3.35. The first-order chi connectivity index (χ1) is 14.3. The molecule has 9 heteroatoms. The van der Waals surface area contributed by atoms with Crippen molar-refractivity contribution in [3.63, 3.8) is 0 Å². The van der Waals surface area contributed by atoms with E-state index >= 15 is 0 Å². The van der Waals surface area contributed by atoms with Gasteiger partial charge < -0.3 is 14.6 Å². The third kappa shape index (κ3) is 3.12. The summed E-state index contributed by atoms with van der Waals surface area (Å²) in [5, 5.41) is 21.6. The number of fused-ring (bicyclic) bond motifs is 2. The SMILES string of the molecule is O=C(O)c1cc(N=C=S)ccc1-c1c2cc(F)c(=O)cc-2oc2cc(O)c(F)cc12. The first-order valence-corrected chi connectivity index (χ1v) is 8.75. The summed E-state index contributed by atoms with van der Waals surface area (Å²) in [7, 11) is 0. The van der Waals surface area contributed by atoms with Crippen molar-refractivity contribution in [1.29, 1.82) is 0 Å². The number of nitrogens with zero attached hydrogens (tertiary/aromatic N) is 1. The molecule has 1 aliphatic heterocycles. The van der Waals surface area contributed by atoms with Crippen LogP contribution in [0.15, 0.2) is 56.7 Å². The van der Waals surface area contributed by atoms with Gasteiger partial charge in [0.1, 0.15) is 11.3 Å². The van der Waals surface area contributed by atoms with E-state index in [1.807, 2.05) is 0 Å². The lowest BCUT2D eigenvalue weighted by Gasteiger charge is -2.17. The highest BCUT2D eigenvalue weighted by Gasteiger charge is 2.24. The maximum absolute atomic E-state index is 14.1. The Morgan fingerprint density at radius 3 is 2.53 bits per heavy atom. The average Bonchev–Trinajstić information content (AvgIpc) is 2.69. The molecule has 2 aromatic rings. The van der Waals surface area contributed by atoms with Gasteiger partial charge in [0.15, 0.2) is 17.4 Å². The first-order valence-electron chi connectivity index (χ1n) is 8.34. The lowest BCUT2D eigenvalue weighted by molar-refractivity contribution is 0.0697. The standard InChI is InChI=1S/C21H9F2NO5S/c22-14-4-12-18(6-16(14)25)29-19-7-17(26)15(23)5-13(19)20(12)10-2-1-9(24-8-30)3-11(10)21(27)28/h1-7,25H,(H,27,28). The van der Waals surface area contributed by atoms with Gasteiger partial charge in [-0.15, -0.1) is 0 Å². The number of rotatable bonds is 3. The minimum absolute atomic E-state index is 0.0280. The lowest BCUT2D eigenvalue weighted by atomic mass is 9.90. The Morgan fingerprint density at radius 1 is 1.07 bits per heavy atom. The van der Waals surface area contributed by atoms with Gasteiger partial charge >= 0.3 is 5.97 Å². The van der Waals surface area contributed by atoms with Gasteiger partial charge in [0.25, 0.3) is 0 Å². The van der Waals surface area contributed by atoms with Crippen molar-refractivity contribution in [2.45, 2.75) is 0 Å². The van der Waals surface area contributed by atoms with Crippen molar-refractivity contribution < 1.29 is 28.2 Å². The topological polar surface area (TPSA) is 100 Å². The molecular formula is C21H9F2NO5S. The molecule has 2 aliphatic rings. The molecule has 0 radical (unpaired) electrons. The number of aromatic carboxylic acids is 1. The zero-order valence-electron chi connectivity index (χ0n) is 14.8. The largest absolute Gasteiger partial charge is 0.505 e. The zero-order chi connectivity index (χ0) is 21.6. The maximum Gasteiger partial charge on any atom is 0.336 e. The van der Waals surface area contributed by atoms with Crippen LogP contribution in [-0.2, 0) is 0 Å². The van der Waals surface area contributed by atoms with E-state index < -0.39 is 28.8 Å². The van der Waals surface area contributed by atoms with Gasteiger partial charge in [-0.1, -0.05) is 6.07 Å². The molecule has 6 nitrogen and oxygen atoms in total. The van der Waals surface area contributed by atoms with Crippen molar-refractivity contribution in [3.8, 4) is 28.2 Å². The van der Waals surface area contributed by atoms with E-state index in [0.29, 0.717) is 0 Å². The number of phenolic OH excluding ortho intramolecular Hbond substituents is 1. The number of carboxylic acid groups (broad SMARTS) is 1. The van der Waals surface area contributed by atoms with Crippen LogP contribution in [0, 0.1) is 11.6 Å². The smallest absolute Gasteiger partial charge is 0.336 e. The van der Waals surface area contributed by atoms with E-state index in [1.54, 1.807) is 0 Å². The van der Waals surface area contributed by atoms with E-state index in [2.05, 4.69) is 22.4 Å². The predicted octanol–water partition coefficient (Wildman–Crippen LogP) is 4.98. The van der Waals surface area contributed by atoms with E-state index in [4.69, 9.17) is 4.42 Å². The van der Waals surface area contributed by atoms with Crippen LogP contribution in [0.1, 0.15) is 10.4 Å². The molecule has 0 saturated carbocycles. The Balaban J connectivity index is 2.23. The van der Waals surface area contributed by atoms with Gasteiger partial charge in [-0.2, -0.15) is 4.99 Å². The molecule has 1 aliphatic carbocycles. The van der Waals surface area contributed by atoms with Gasteiger partial charge in [0.05, 0.1) is 16.4 Å². The minimum Gasteiger partial charge on any atom is -0.505 e. The van der Waals surface area contributed by atoms with Crippen LogP contribution < -0.4 is 5.43 Å². The summed E-state index contributed by atoms with van der Waals surface area (Å²) < 4.78 is 33.8. The molecule has 0 saturated heterocycles. The highest BCUT2D eigenvalue weighted by molar-refractivity contribution is 7.78. The van der Waals surface area contributed by atoms with Crippen LogP contribution in [-0.4, -0.2) is 21.3 Å². The minimum atomic E-state index is -1.33. The number of isothiocyanates is 1. The number of benzene rings is 3. The van der Waals surface area contributed by atoms with Gasteiger partial charge in [-0.3, -0.25) is 4.79 Å². The van der Waals surface area contributed by atoms with Gasteiger partial charge in [0.2, 0.25) is 5.43 Å². The summed E-state index contributed by atoms with van der Waals surface area (Å²) in [5.74, 6) is -4.17. The molecule has 0 fully saturated rings. The number of aliphatic imine (C=N–C) groups is 1. The van der Waals surface area contributed by atoms with Gasteiger partial charge in [-0.25, -0.2) is 13.6 Å². The molecule has 30 heavy (non-hydrogen) atoms. The Morgan fingerprint density at radius 2 is 1.83 bits per heavy atom. The lowest BCUT2D eigenvalue weighted by Crippen LogP contribution is -2.07. The van der Waals surface area contributed by atoms with Crippen molar-refractivity contribution in [3.05, 3.63) is 69.9 Å². The molecule has 0 unspecified atom stereocenters. The third-order valence-corrected chi connectivity index (χ3v) is 4.61. The van der Waals surface area contributed by atoms with Crippen LogP contribution in [0.3, 0.4) is 0 Å². The second kappa shape index (κ2) is 7.14. The third-order valence-electron chi connectivity index (χ3n) is 4.52. The molecule has 0 bridgehead atoms. The molecular weight excluding hydrogens is 416 g/mol. The van der Waals surface area contributed by atoms with Crippen LogP contribution in [0.5, 0.6) is 5.75 Å². The molecule has 2 N–H and O–H groups in total. The number of hydrogen-bond donors (Lipinski definition) is 2. The highest BCUT2D eigenvalue weighted by Crippen LogP contribution is 2.43. The van der Waals surface area contributed by atoms with E-state index in [9.17, 15) is 28.6 Å². The fourth-order valence-electron chi connectivity index (χ4n) is 3.24. The number of halogens is 2. The van der Waals surface area contributed by atoms with E-state index in [-0.39, 0.29) is 44.7 Å². The van der Waals surface area contributed by atoms with Crippen molar-refractivity contribution in [2.75, 3.05) is 0 Å². The molecule has 0 spiro atoms. The average molecular weight is 425 g/mol. The molecule has 4 rings (SSSR count). The summed E-state index contributed by atoms with van der Waals surface area (Å²) in [6.45, 7) is 0. The number of aromatic hydroxyl groups is 1. The Labute approximate surface area is 171 Å². The van der Waals surface area contributed by atoms with E-state index in [0.717, 1.165) is 24.3 Å². The van der Waals surface area contributed by atoms with Crippen molar-refractivity contribution in [1.82, 2.24) is 0 Å². The maximum atomic E-state index is 14.1. The van der Waals surface area contributed by atoms with Gasteiger partial charge in [0, 0.05) is 28.6 Å². The van der Waals surface area contributed by atoms with Crippen LogP contribution in [0.25, 0.3) is 33.4 Å². The number of hydrogen-bond acceptors (Lipinski definition) is 6. The summed E-state index contributed by atoms with van der Waals surface area (Å²) in [6, 6.07) is 7.82. The number of phenols is 1. The number of carboxylic acids is 1. The Kier molecular flexibility index (Phi) is 4.62. The quantitative estimate of drug-likeness (QED) is 0.273. The summed E-state index contributed by atoms with van der Waals surface area (Å²) >= 11 is 4.54.